The standard InChI is InChI=1S/C25H40N2O.C8H7NO4/c1-3-4-5-6-7-8-9-10-11-12-13-14-15-16-17-18-19-20-21-22-25(28)27-24-23-26-2;10-4-9-5-1-2-7(11)6(3-5)8(12)13/h4-5,7-8,10-11,13-14,16-17,19-20,26H,3,6,9,12,15,18,21-24H2,1-2H3,(H,27,28);1-4,11H,(H,9,10)(H,12,13)/b5-4-,8-7-,11-10-,14-13-,17-16-,20-19-;. The summed E-state index contributed by atoms with van der Waals surface area (Å²) < 4.78 is 0. The van der Waals surface area contributed by atoms with Crippen LogP contribution in [0.15, 0.2) is 91.1 Å². The molecule has 0 heterocycles. The molecule has 0 atom stereocenters. The molecule has 0 spiro atoms. The van der Waals surface area contributed by atoms with Crippen LogP contribution in [0.5, 0.6) is 5.75 Å². The summed E-state index contributed by atoms with van der Waals surface area (Å²) in [5, 5.41) is 25.8. The van der Waals surface area contributed by atoms with Crippen molar-refractivity contribution in [3.8, 4) is 5.75 Å². The molecule has 8 nitrogen and oxygen atoms in total. The van der Waals surface area contributed by atoms with Crippen LogP contribution in [0.1, 0.15) is 68.6 Å². The summed E-state index contributed by atoms with van der Waals surface area (Å²) in [6, 6.07) is 3.78. The number of amides is 2. The second kappa shape index (κ2) is 27.4. The van der Waals surface area contributed by atoms with E-state index in [1.165, 1.54) is 18.2 Å². The third-order valence-corrected chi connectivity index (χ3v) is 5.28. The molecule has 1 aromatic rings. The molecule has 0 unspecified atom stereocenters. The molecule has 5 N–H and O–H groups in total. The van der Waals surface area contributed by atoms with Gasteiger partial charge in [0.05, 0.1) is 0 Å². The second-order valence-corrected chi connectivity index (χ2v) is 8.71. The van der Waals surface area contributed by atoms with E-state index in [9.17, 15) is 14.4 Å². The minimum absolute atomic E-state index is 0.120. The molecule has 1 aromatic carbocycles. The van der Waals surface area contributed by atoms with Gasteiger partial charge in [-0.2, -0.15) is 0 Å². The Kier molecular flexibility index (Phi) is 24.6. The van der Waals surface area contributed by atoms with Crippen LogP contribution in [0.4, 0.5) is 5.69 Å². The number of nitrogens with one attached hydrogen (secondary N) is 3. The van der Waals surface area contributed by atoms with Crippen molar-refractivity contribution in [3.05, 3.63) is 96.7 Å². The number of aromatic carboxylic acids is 1. The molecule has 0 bridgehead atoms. The molecule has 2 amide bonds. The summed E-state index contributed by atoms with van der Waals surface area (Å²) in [6.45, 7) is 3.66. The third-order valence-electron chi connectivity index (χ3n) is 5.28. The highest BCUT2D eigenvalue weighted by atomic mass is 16.4. The van der Waals surface area contributed by atoms with Crippen molar-refractivity contribution in [2.75, 3.05) is 25.5 Å². The van der Waals surface area contributed by atoms with Crippen LogP contribution in [-0.2, 0) is 9.59 Å². The number of carbonyl (C=O) groups is 3. The minimum atomic E-state index is -1.24. The largest absolute Gasteiger partial charge is 0.507 e. The average Bonchev–Trinajstić information content (AvgIpc) is 2.96. The molecule has 0 saturated heterocycles. The first-order valence-electron chi connectivity index (χ1n) is 14.0. The Morgan fingerprint density at radius 2 is 1.29 bits per heavy atom. The molecule has 41 heavy (non-hydrogen) atoms. The SMILES string of the molecule is CC/C=C\C/C=C\C/C=C\C/C=C\C/C=C\C/C=C\CCC(=O)NCCNC.O=CNc1ccc(O)c(C(=O)O)c1. The zero-order chi connectivity index (χ0) is 30.4. The molecule has 0 aliphatic rings. The van der Waals surface area contributed by atoms with Gasteiger partial charge in [-0.1, -0.05) is 79.8 Å². The topological polar surface area (TPSA) is 128 Å². The van der Waals surface area contributed by atoms with E-state index in [1.807, 2.05) is 7.05 Å². The van der Waals surface area contributed by atoms with Gasteiger partial charge >= 0.3 is 5.97 Å². The Morgan fingerprint density at radius 1 is 0.780 bits per heavy atom. The molecule has 0 aromatic heterocycles. The van der Waals surface area contributed by atoms with Gasteiger partial charge in [-0.05, 0) is 70.2 Å². The predicted molar refractivity (Wildman–Crippen MR) is 169 cm³/mol. The highest BCUT2D eigenvalue weighted by Crippen LogP contribution is 2.20. The average molecular weight is 566 g/mol. The molecule has 0 aliphatic heterocycles. The maximum atomic E-state index is 11.5. The number of phenols is 1. The first kappa shape index (κ1) is 36.8. The molecule has 0 saturated carbocycles. The van der Waals surface area contributed by atoms with Crippen LogP contribution >= 0.6 is 0 Å². The number of hydrogen-bond acceptors (Lipinski definition) is 5. The van der Waals surface area contributed by atoms with Crippen LogP contribution < -0.4 is 16.0 Å². The van der Waals surface area contributed by atoms with Crippen molar-refractivity contribution in [2.45, 2.75) is 58.3 Å². The lowest BCUT2D eigenvalue weighted by Crippen LogP contribution is -2.30. The van der Waals surface area contributed by atoms with E-state index in [1.54, 1.807) is 0 Å². The summed E-state index contributed by atoms with van der Waals surface area (Å²) in [7, 11) is 1.88. The van der Waals surface area contributed by atoms with E-state index in [0.717, 1.165) is 51.5 Å². The highest BCUT2D eigenvalue weighted by molar-refractivity contribution is 5.92. The van der Waals surface area contributed by atoms with Gasteiger partial charge in [0, 0.05) is 25.2 Å². The van der Waals surface area contributed by atoms with Crippen LogP contribution in [0.2, 0.25) is 0 Å². The predicted octanol–water partition coefficient (Wildman–Crippen LogP) is 6.46. The van der Waals surface area contributed by atoms with Crippen LogP contribution in [0, 0.1) is 0 Å². The Bertz CT molecular complexity index is 1040. The summed E-state index contributed by atoms with van der Waals surface area (Å²) in [5.74, 6) is -1.45. The highest BCUT2D eigenvalue weighted by Gasteiger charge is 2.09. The smallest absolute Gasteiger partial charge is 0.339 e. The fourth-order valence-electron chi connectivity index (χ4n) is 3.13. The summed E-state index contributed by atoms with van der Waals surface area (Å²) in [4.78, 5) is 32.0. The number of carboxylic acids is 1. The Balaban J connectivity index is 0.00000102. The van der Waals surface area contributed by atoms with Gasteiger partial charge < -0.3 is 26.2 Å². The number of benzene rings is 1. The first-order valence-corrected chi connectivity index (χ1v) is 14.0. The fourth-order valence-corrected chi connectivity index (χ4v) is 3.13. The number of allylic oxidation sites excluding steroid dienone is 12. The number of carboxylic acid groups (broad SMARTS) is 1. The van der Waals surface area contributed by atoms with Gasteiger partial charge in [-0.15, -0.1) is 0 Å². The lowest BCUT2D eigenvalue weighted by molar-refractivity contribution is -0.121. The Morgan fingerprint density at radius 3 is 1.76 bits per heavy atom. The van der Waals surface area contributed by atoms with E-state index < -0.39 is 5.97 Å². The number of hydrogen-bond donors (Lipinski definition) is 5. The number of anilines is 1. The summed E-state index contributed by atoms with van der Waals surface area (Å²) in [6.07, 6.45) is 34.1. The van der Waals surface area contributed by atoms with E-state index in [0.29, 0.717) is 25.1 Å². The van der Waals surface area contributed by atoms with Crippen LogP contribution in [0.25, 0.3) is 0 Å². The number of carbonyl (C=O) groups excluding carboxylic acids is 2. The minimum Gasteiger partial charge on any atom is -0.507 e. The number of likely N-dealkylation sites (N-methyl/N-ethyl adjacent to an activating group) is 1. The van der Waals surface area contributed by atoms with Crippen molar-refractivity contribution in [1.82, 2.24) is 10.6 Å². The summed E-state index contributed by atoms with van der Waals surface area (Å²) >= 11 is 0. The molecule has 0 fully saturated rings. The maximum absolute atomic E-state index is 11.5. The lowest BCUT2D eigenvalue weighted by Gasteiger charge is -2.02. The van der Waals surface area contributed by atoms with Gasteiger partial charge in [0.15, 0.2) is 0 Å². The van der Waals surface area contributed by atoms with Crippen molar-refractivity contribution in [2.24, 2.45) is 0 Å². The van der Waals surface area contributed by atoms with Gasteiger partial charge in [0.1, 0.15) is 11.3 Å². The monoisotopic (exact) mass is 565 g/mol. The van der Waals surface area contributed by atoms with Crippen molar-refractivity contribution < 1.29 is 24.6 Å². The van der Waals surface area contributed by atoms with Crippen LogP contribution in [0.3, 0.4) is 0 Å². The number of rotatable bonds is 20. The fraction of sp³-hybridized carbons (Fsp3) is 0.364. The van der Waals surface area contributed by atoms with Gasteiger partial charge in [-0.3, -0.25) is 9.59 Å². The van der Waals surface area contributed by atoms with Gasteiger partial charge in [0.25, 0.3) is 0 Å². The van der Waals surface area contributed by atoms with Gasteiger partial charge in [0.2, 0.25) is 12.3 Å². The van der Waals surface area contributed by atoms with E-state index in [-0.39, 0.29) is 17.2 Å². The third kappa shape index (κ3) is 23.4. The number of aromatic hydroxyl groups is 1. The maximum Gasteiger partial charge on any atom is 0.339 e. The van der Waals surface area contributed by atoms with Crippen molar-refractivity contribution in [1.29, 1.82) is 0 Å². The molecule has 1 rings (SSSR count). The van der Waals surface area contributed by atoms with Crippen LogP contribution in [-0.4, -0.2) is 48.6 Å². The first-order chi connectivity index (χ1) is 20.0. The zero-order valence-electron chi connectivity index (χ0n) is 24.4. The molecular formula is C33H47N3O5. The van der Waals surface area contributed by atoms with E-state index in [2.05, 4.69) is 95.8 Å². The molecule has 0 aliphatic carbocycles. The molecule has 224 valence electrons. The normalized spacial score (nSPS) is 11.7. The molecule has 0 radical (unpaired) electrons. The Labute approximate surface area is 245 Å². The van der Waals surface area contributed by atoms with Crippen molar-refractivity contribution in [3.63, 3.8) is 0 Å². The molecule has 8 heteroatoms. The van der Waals surface area contributed by atoms with Crippen molar-refractivity contribution >= 4 is 24.0 Å². The summed E-state index contributed by atoms with van der Waals surface area (Å²) in [5.41, 5.74) is 0.0806. The van der Waals surface area contributed by atoms with Gasteiger partial charge in [-0.25, -0.2) is 4.79 Å². The quantitative estimate of drug-likeness (QED) is 0.0534. The van der Waals surface area contributed by atoms with E-state index in [4.69, 9.17) is 10.2 Å². The Hall–Kier alpha value is -4.17. The molecular weight excluding hydrogens is 518 g/mol. The van der Waals surface area contributed by atoms with E-state index >= 15 is 0 Å². The second-order valence-electron chi connectivity index (χ2n) is 8.71. The lowest BCUT2D eigenvalue weighted by atomic mass is 10.2. The zero-order valence-corrected chi connectivity index (χ0v) is 24.4.